The van der Waals surface area contributed by atoms with Crippen LogP contribution in [0.1, 0.15) is 12.0 Å². The van der Waals surface area contributed by atoms with Gasteiger partial charge in [-0.3, -0.25) is 0 Å². The van der Waals surface area contributed by atoms with E-state index >= 15 is 0 Å². The summed E-state index contributed by atoms with van der Waals surface area (Å²) in [5, 5.41) is 5.99. The van der Waals surface area contributed by atoms with E-state index in [2.05, 4.69) is 10.3 Å². The number of pyridine rings is 1. The molecule has 3 aromatic rings. The van der Waals surface area contributed by atoms with E-state index in [9.17, 15) is 17.6 Å². The molecule has 0 saturated heterocycles. The lowest BCUT2D eigenvalue weighted by Gasteiger charge is -2.15. The van der Waals surface area contributed by atoms with Crippen LogP contribution in [0.4, 0.5) is 28.9 Å². The molecule has 0 atom stereocenters. The number of halogens is 4. The minimum atomic E-state index is -4.33. The van der Waals surface area contributed by atoms with Crippen LogP contribution in [-0.2, 0) is 0 Å². The first-order chi connectivity index (χ1) is 11.8. The third kappa shape index (κ3) is 4.19. The third-order valence-electron chi connectivity index (χ3n) is 3.51. The van der Waals surface area contributed by atoms with E-state index < -0.39 is 25.0 Å². The van der Waals surface area contributed by atoms with Crippen LogP contribution in [0.15, 0.2) is 35.8 Å². The van der Waals surface area contributed by atoms with Crippen LogP contribution in [-0.4, -0.2) is 17.8 Å². The van der Waals surface area contributed by atoms with Gasteiger partial charge in [-0.25, -0.2) is 9.37 Å². The zero-order valence-electron chi connectivity index (χ0n) is 13.2. The Morgan fingerprint density at radius 2 is 2.00 bits per heavy atom. The third-order valence-corrected chi connectivity index (χ3v) is 4.52. The smallest absolute Gasteiger partial charge is 0.392 e. The Balaban J connectivity index is 1.88. The summed E-state index contributed by atoms with van der Waals surface area (Å²) in [4.78, 5) is 5.12. The lowest BCUT2D eigenvalue weighted by atomic mass is 10.2. The van der Waals surface area contributed by atoms with Gasteiger partial charge >= 0.3 is 6.18 Å². The maximum atomic E-state index is 13.5. The summed E-state index contributed by atoms with van der Waals surface area (Å²) >= 11 is 1.49. The second-order valence-corrected chi connectivity index (χ2v) is 6.29. The Labute approximate surface area is 145 Å². The van der Waals surface area contributed by atoms with Gasteiger partial charge in [0.05, 0.1) is 24.4 Å². The standard InChI is InChI=1S/C17H14F4N2OS/c1-10-9-25-16-15(10)13(4-6-22-16)23-12-3-2-11(18)8-14(12)24-7-5-17(19,20)21/h2-4,6,8-9H,5,7H2,1H3,(H,22,23). The predicted octanol–water partition coefficient (Wildman–Crippen LogP) is 5.82. The normalized spacial score (nSPS) is 11.7. The van der Waals surface area contributed by atoms with E-state index in [4.69, 9.17) is 4.74 Å². The molecule has 0 aliphatic heterocycles. The molecule has 3 rings (SSSR count). The van der Waals surface area contributed by atoms with Gasteiger partial charge in [-0.15, -0.1) is 11.3 Å². The first-order valence-corrected chi connectivity index (χ1v) is 8.30. The van der Waals surface area contributed by atoms with E-state index in [0.717, 1.165) is 27.5 Å². The quantitative estimate of drug-likeness (QED) is 0.575. The second-order valence-electron chi connectivity index (χ2n) is 5.44. The minimum Gasteiger partial charge on any atom is -0.491 e. The van der Waals surface area contributed by atoms with E-state index in [1.54, 1.807) is 12.3 Å². The fourth-order valence-corrected chi connectivity index (χ4v) is 3.28. The van der Waals surface area contributed by atoms with Crippen molar-refractivity contribution < 1.29 is 22.3 Å². The van der Waals surface area contributed by atoms with Crippen molar-refractivity contribution in [3.8, 4) is 5.75 Å². The molecule has 0 radical (unpaired) electrons. The highest BCUT2D eigenvalue weighted by molar-refractivity contribution is 7.17. The van der Waals surface area contributed by atoms with Crippen LogP contribution in [0.2, 0.25) is 0 Å². The van der Waals surface area contributed by atoms with E-state index in [1.807, 2.05) is 12.3 Å². The number of benzene rings is 1. The number of aromatic nitrogens is 1. The van der Waals surface area contributed by atoms with Crippen molar-refractivity contribution in [2.24, 2.45) is 0 Å². The van der Waals surface area contributed by atoms with Gasteiger partial charge in [-0.05, 0) is 36.1 Å². The van der Waals surface area contributed by atoms with Gasteiger partial charge in [-0.2, -0.15) is 13.2 Å². The first kappa shape index (κ1) is 17.5. The van der Waals surface area contributed by atoms with Crippen LogP contribution >= 0.6 is 11.3 Å². The Morgan fingerprint density at radius 3 is 2.76 bits per heavy atom. The number of thiophene rings is 1. The number of aryl methyl sites for hydroxylation is 1. The molecule has 8 heteroatoms. The van der Waals surface area contributed by atoms with Crippen LogP contribution in [0.25, 0.3) is 10.2 Å². The SMILES string of the molecule is Cc1csc2nccc(Nc3ccc(F)cc3OCCC(F)(F)F)c12. The van der Waals surface area contributed by atoms with Crippen molar-refractivity contribution in [2.75, 3.05) is 11.9 Å². The van der Waals surface area contributed by atoms with Crippen molar-refractivity contribution in [3.63, 3.8) is 0 Å². The number of ether oxygens (including phenoxy) is 1. The van der Waals surface area contributed by atoms with E-state index in [-0.39, 0.29) is 5.75 Å². The number of anilines is 2. The highest BCUT2D eigenvalue weighted by Crippen LogP contribution is 2.35. The molecule has 0 aliphatic carbocycles. The van der Waals surface area contributed by atoms with Gasteiger partial charge in [0.2, 0.25) is 0 Å². The summed E-state index contributed by atoms with van der Waals surface area (Å²) in [6, 6.07) is 5.48. The molecule has 0 fully saturated rings. The summed E-state index contributed by atoms with van der Waals surface area (Å²) in [6.45, 7) is 1.36. The summed E-state index contributed by atoms with van der Waals surface area (Å²) < 4.78 is 55.5. The Kier molecular flexibility index (Phi) is 4.80. The maximum absolute atomic E-state index is 13.5. The average molecular weight is 370 g/mol. The van der Waals surface area contributed by atoms with Crippen molar-refractivity contribution in [1.29, 1.82) is 0 Å². The second kappa shape index (κ2) is 6.87. The number of nitrogens with one attached hydrogen (secondary N) is 1. The lowest BCUT2D eigenvalue weighted by Crippen LogP contribution is -2.13. The van der Waals surface area contributed by atoms with Crippen LogP contribution in [0.5, 0.6) is 5.75 Å². The molecular weight excluding hydrogens is 356 g/mol. The Bertz CT molecular complexity index is 892. The predicted molar refractivity (Wildman–Crippen MR) is 90.2 cm³/mol. The van der Waals surface area contributed by atoms with Crippen molar-refractivity contribution in [2.45, 2.75) is 19.5 Å². The average Bonchev–Trinajstić information content (AvgIpc) is 2.91. The Hall–Kier alpha value is -2.35. The molecule has 0 amide bonds. The van der Waals surface area contributed by atoms with Gasteiger partial charge in [0, 0.05) is 17.6 Å². The van der Waals surface area contributed by atoms with Crippen LogP contribution < -0.4 is 10.1 Å². The number of alkyl halides is 3. The van der Waals surface area contributed by atoms with Gasteiger partial charge in [-0.1, -0.05) is 0 Å². The molecule has 0 spiro atoms. The molecule has 2 aromatic heterocycles. The van der Waals surface area contributed by atoms with Crippen LogP contribution in [0, 0.1) is 12.7 Å². The van der Waals surface area contributed by atoms with Crippen molar-refractivity contribution >= 4 is 32.9 Å². The molecule has 3 nitrogen and oxygen atoms in total. The topological polar surface area (TPSA) is 34.2 Å². The van der Waals surface area contributed by atoms with Crippen LogP contribution in [0.3, 0.4) is 0 Å². The fraction of sp³-hybridized carbons (Fsp3) is 0.235. The largest absolute Gasteiger partial charge is 0.491 e. The number of rotatable bonds is 5. The molecule has 0 bridgehead atoms. The van der Waals surface area contributed by atoms with E-state index in [1.165, 1.54) is 23.5 Å². The highest BCUT2D eigenvalue weighted by atomic mass is 32.1. The molecule has 1 aromatic carbocycles. The number of nitrogens with zero attached hydrogens (tertiary/aromatic N) is 1. The summed E-state index contributed by atoms with van der Waals surface area (Å²) in [5.41, 5.74) is 2.15. The Morgan fingerprint density at radius 1 is 1.20 bits per heavy atom. The zero-order valence-corrected chi connectivity index (χ0v) is 14.0. The molecule has 0 saturated carbocycles. The van der Waals surface area contributed by atoms with Gasteiger partial charge in [0.1, 0.15) is 16.4 Å². The number of hydrogen-bond acceptors (Lipinski definition) is 4. The molecule has 0 unspecified atom stereocenters. The highest BCUT2D eigenvalue weighted by Gasteiger charge is 2.27. The number of fused-ring (bicyclic) bond motifs is 1. The minimum absolute atomic E-state index is 0.0297. The lowest BCUT2D eigenvalue weighted by molar-refractivity contribution is -0.139. The number of hydrogen-bond donors (Lipinski definition) is 1. The van der Waals surface area contributed by atoms with Gasteiger partial charge in [0.15, 0.2) is 0 Å². The molecule has 1 N–H and O–H groups in total. The summed E-state index contributed by atoms with van der Waals surface area (Å²) in [5.74, 6) is -0.554. The molecular formula is C17H14F4N2OS. The van der Waals surface area contributed by atoms with Crippen molar-refractivity contribution in [1.82, 2.24) is 4.98 Å². The molecule has 25 heavy (non-hydrogen) atoms. The maximum Gasteiger partial charge on any atom is 0.392 e. The van der Waals surface area contributed by atoms with Gasteiger partial charge < -0.3 is 10.1 Å². The van der Waals surface area contributed by atoms with E-state index in [0.29, 0.717) is 5.69 Å². The summed E-state index contributed by atoms with van der Waals surface area (Å²) in [6.07, 6.45) is -3.80. The van der Waals surface area contributed by atoms with Crippen molar-refractivity contribution in [3.05, 3.63) is 47.2 Å². The zero-order chi connectivity index (χ0) is 18.0. The van der Waals surface area contributed by atoms with Gasteiger partial charge in [0.25, 0.3) is 0 Å². The molecule has 132 valence electrons. The first-order valence-electron chi connectivity index (χ1n) is 7.42. The summed E-state index contributed by atoms with van der Waals surface area (Å²) in [7, 11) is 0. The molecule has 0 aliphatic rings. The molecule has 2 heterocycles. The monoisotopic (exact) mass is 370 g/mol. The fourth-order valence-electron chi connectivity index (χ4n) is 2.36.